The highest BCUT2D eigenvalue weighted by Crippen LogP contribution is 2.35. The van der Waals surface area contributed by atoms with Gasteiger partial charge < -0.3 is 10.5 Å². The van der Waals surface area contributed by atoms with E-state index in [1.165, 1.54) is 12.1 Å². The molecule has 0 spiro atoms. The second-order valence-electron chi connectivity index (χ2n) is 4.61. The Morgan fingerprint density at radius 2 is 2.16 bits per heavy atom. The minimum atomic E-state index is -0.524. The van der Waals surface area contributed by atoms with Crippen molar-refractivity contribution >= 4 is 16.7 Å². The minimum absolute atomic E-state index is 0.0786. The number of benzene rings is 1. The number of nitrogens with two attached hydrogens (primary N) is 1. The number of aromatic nitrogens is 2. The molecule has 0 unspecified atom stereocenters. The Bertz CT molecular complexity index is 620. The molecule has 1 saturated carbocycles. The van der Waals surface area contributed by atoms with E-state index in [1.807, 2.05) is 0 Å². The van der Waals surface area contributed by atoms with Crippen LogP contribution in [0.3, 0.4) is 0 Å². The van der Waals surface area contributed by atoms with Crippen LogP contribution >= 0.6 is 0 Å². The monoisotopic (exact) mass is 264 g/mol. The molecule has 1 fully saturated rings. The normalized spacial score (nSPS) is 22.2. The average molecular weight is 264 g/mol. The highest BCUT2D eigenvalue weighted by molar-refractivity contribution is 5.88. The zero-order valence-corrected chi connectivity index (χ0v) is 9.98. The number of non-ortho nitro benzene ring substituents is 1. The van der Waals surface area contributed by atoms with Gasteiger partial charge in [0.2, 0.25) is 5.52 Å². The zero-order valence-electron chi connectivity index (χ0n) is 9.98. The zero-order chi connectivity index (χ0) is 13.4. The molecule has 1 heterocycles. The minimum Gasteiger partial charge on any atom is -0.488 e. The van der Waals surface area contributed by atoms with Crippen LogP contribution in [0.5, 0.6) is 5.75 Å². The molecule has 0 atom stereocenters. The van der Waals surface area contributed by atoms with Gasteiger partial charge in [0.1, 0.15) is 0 Å². The van der Waals surface area contributed by atoms with E-state index in [2.05, 4.69) is 14.9 Å². The highest BCUT2D eigenvalue weighted by Gasteiger charge is 2.31. The van der Waals surface area contributed by atoms with Crippen LogP contribution in [0, 0.1) is 16.0 Å². The number of fused-ring (bicyclic) bond motifs is 1. The van der Waals surface area contributed by atoms with Crippen LogP contribution in [0.2, 0.25) is 0 Å². The molecule has 1 aliphatic rings. The average Bonchev–Trinajstić information content (AvgIpc) is 2.81. The highest BCUT2D eigenvalue weighted by atomic mass is 16.6. The molecule has 100 valence electrons. The lowest BCUT2D eigenvalue weighted by Crippen LogP contribution is -2.37. The maximum atomic E-state index is 10.8. The summed E-state index contributed by atoms with van der Waals surface area (Å²) in [7, 11) is 0. The van der Waals surface area contributed by atoms with Crippen LogP contribution in [-0.4, -0.2) is 27.9 Å². The third-order valence-electron chi connectivity index (χ3n) is 3.37. The molecule has 0 bridgehead atoms. The Labute approximate surface area is 107 Å². The number of nitro groups is 1. The van der Waals surface area contributed by atoms with Crippen LogP contribution < -0.4 is 10.5 Å². The lowest BCUT2D eigenvalue weighted by Gasteiger charge is -2.34. The van der Waals surface area contributed by atoms with Gasteiger partial charge in [-0.2, -0.15) is 0 Å². The van der Waals surface area contributed by atoms with Crippen LogP contribution in [0.15, 0.2) is 16.8 Å². The Morgan fingerprint density at radius 1 is 1.42 bits per heavy atom. The summed E-state index contributed by atoms with van der Waals surface area (Å²) in [6.07, 6.45) is 1.86. The fourth-order valence-corrected chi connectivity index (χ4v) is 2.22. The Kier molecular flexibility index (Phi) is 2.79. The molecular weight excluding hydrogens is 252 g/mol. The molecule has 19 heavy (non-hydrogen) atoms. The summed E-state index contributed by atoms with van der Waals surface area (Å²) >= 11 is 0. The molecule has 1 aliphatic carbocycles. The molecule has 1 aromatic heterocycles. The number of nitro benzene ring substituents is 1. The topological polar surface area (TPSA) is 117 Å². The summed E-state index contributed by atoms with van der Waals surface area (Å²) < 4.78 is 10.3. The molecule has 3 rings (SSSR count). The summed E-state index contributed by atoms with van der Waals surface area (Å²) in [4.78, 5) is 10.3. The summed E-state index contributed by atoms with van der Waals surface area (Å²) in [5.74, 6) is 0.955. The van der Waals surface area contributed by atoms with Gasteiger partial charge in [0, 0.05) is 6.07 Å². The number of nitrogens with zero attached hydrogens (tertiary/aromatic N) is 3. The third kappa shape index (κ3) is 1.99. The Morgan fingerprint density at radius 3 is 2.84 bits per heavy atom. The molecular formula is C11H12N4O4. The van der Waals surface area contributed by atoms with Crippen molar-refractivity contribution in [1.82, 2.24) is 10.3 Å². The first-order chi connectivity index (χ1) is 9.19. The number of hydrogen-bond donors (Lipinski definition) is 1. The van der Waals surface area contributed by atoms with Gasteiger partial charge in [-0.15, -0.1) is 0 Å². The van der Waals surface area contributed by atoms with Gasteiger partial charge in [-0.05, 0) is 41.7 Å². The van der Waals surface area contributed by atoms with Crippen LogP contribution in [0.25, 0.3) is 11.0 Å². The first kappa shape index (κ1) is 11.8. The molecule has 0 saturated heterocycles. The van der Waals surface area contributed by atoms with E-state index in [4.69, 9.17) is 10.5 Å². The summed E-state index contributed by atoms with van der Waals surface area (Å²) in [5, 5.41) is 18.1. The molecule has 2 N–H and O–H groups in total. The van der Waals surface area contributed by atoms with Gasteiger partial charge in [0.05, 0.1) is 11.0 Å². The molecule has 8 nitrogen and oxygen atoms in total. The van der Waals surface area contributed by atoms with E-state index < -0.39 is 4.92 Å². The van der Waals surface area contributed by atoms with Crippen molar-refractivity contribution in [2.75, 3.05) is 6.54 Å². The number of ether oxygens (including phenoxy) is 1. The largest absolute Gasteiger partial charge is 0.488 e. The molecule has 8 heteroatoms. The van der Waals surface area contributed by atoms with E-state index >= 15 is 0 Å². The molecule has 0 aliphatic heterocycles. The second-order valence-corrected chi connectivity index (χ2v) is 4.61. The van der Waals surface area contributed by atoms with E-state index in [9.17, 15) is 10.1 Å². The van der Waals surface area contributed by atoms with E-state index in [0.717, 1.165) is 12.8 Å². The van der Waals surface area contributed by atoms with Crippen molar-refractivity contribution < 1.29 is 14.3 Å². The maximum Gasteiger partial charge on any atom is 0.301 e. The SMILES string of the molecule is NCC1CC(Oc2ccc([N+](=O)[O-])c3nonc23)C1. The van der Waals surface area contributed by atoms with E-state index in [1.54, 1.807) is 0 Å². The van der Waals surface area contributed by atoms with Crippen LogP contribution in [-0.2, 0) is 0 Å². The lowest BCUT2D eigenvalue weighted by molar-refractivity contribution is -0.383. The molecule has 1 aromatic carbocycles. The lowest BCUT2D eigenvalue weighted by atomic mass is 9.82. The van der Waals surface area contributed by atoms with Crippen molar-refractivity contribution in [3.8, 4) is 5.75 Å². The van der Waals surface area contributed by atoms with Crippen molar-refractivity contribution in [3.05, 3.63) is 22.2 Å². The smallest absolute Gasteiger partial charge is 0.301 e. The number of hydrogen-bond acceptors (Lipinski definition) is 7. The van der Waals surface area contributed by atoms with Crippen molar-refractivity contribution in [3.63, 3.8) is 0 Å². The first-order valence-corrected chi connectivity index (χ1v) is 5.95. The summed E-state index contributed by atoms with van der Waals surface area (Å²) in [6, 6.07) is 2.88. The van der Waals surface area contributed by atoms with Gasteiger partial charge in [0.15, 0.2) is 11.3 Å². The summed E-state index contributed by atoms with van der Waals surface area (Å²) in [5.41, 5.74) is 5.80. The van der Waals surface area contributed by atoms with Gasteiger partial charge in [0.25, 0.3) is 0 Å². The standard InChI is InChI=1S/C11H12N4O4/c12-5-6-3-7(4-6)18-9-2-1-8(15(16)17)10-11(9)14-19-13-10/h1-2,6-7H,3-5,12H2. The fourth-order valence-electron chi connectivity index (χ4n) is 2.22. The Balaban J connectivity index is 1.87. The quantitative estimate of drug-likeness (QED) is 0.652. The van der Waals surface area contributed by atoms with Crippen molar-refractivity contribution in [2.24, 2.45) is 11.7 Å². The van der Waals surface area contributed by atoms with Gasteiger partial charge in [-0.1, -0.05) is 0 Å². The Hall–Kier alpha value is -2.22. The maximum absolute atomic E-state index is 10.8. The number of rotatable bonds is 4. The molecule has 0 amide bonds. The van der Waals surface area contributed by atoms with E-state index in [0.29, 0.717) is 18.2 Å². The first-order valence-electron chi connectivity index (χ1n) is 5.95. The second kappa shape index (κ2) is 4.47. The predicted molar refractivity (Wildman–Crippen MR) is 64.7 cm³/mol. The van der Waals surface area contributed by atoms with Gasteiger partial charge in [-0.3, -0.25) is 10.1 Å². The molecule has 0 radical (unpaired) electrons. The van der Waals surface area contributed by atoms with Crippen LogP contribution in [0.4, 0.5) is 5.69 Å². The van der Waals surface area contributed by atoms with Crippen molar-refractivity contribution in [2.45, 2.75) is 18.9 Å². The fraction of sp³-hybridized carbons (Fsp3) is 0.455. The van der Waals surface area contributed by atoms with E-state index in [-0.39, 0.29) is 22.8 Å². The van der Waals surface area contributed by atoms with Gasteiger partial charge in [-0.25, -0.2) is 4.63 Å². The van der Waals surface area contributed by atoms with Crippen LogP contribution in [0.1, 0.15) is 12.8 Å². The predicted octanol–water partition coefficient (Wildman–Crippen LogP) is 1.25. The molecule has 2 aromatic rings. The third-order valence-corrected chi connectivity index (χ3v) is 3.37. The summed E-state index contributed by atoms with van der Waals surface area (Å²) in [6.45, 7) is 0.654. The van der Waals surface area contributed by atoms with Gasteiger partial charge >= 0.3 is 5.69 Å². The van der Waals surface area contributed by atoms with Crippen molar-refractivity contribution in [1.29, 1.82) is 0 Å².